The molecule has 0 aromatic carbocycles. The van der Waals surface area contributed by atoms with Crippen molar-refractivity contribution in [2.45, 2.75) is 45.6 Å². The minimum atomic E-state index is 0.479. The Morgan fingerprint density at radius 1 is 1.33 bits per heavy atom. The molecule has 0 aliphatic heterocycles. The van der Waals surface area contributed by atoms with Crippen LogP contribution in [0.1, 0.15) is 44.9 Å². The van der Waals surface area contributed by atoms with Crippen molar-refractivity contribution in [1.29, 1.82) is 0 Å². The molecule has 1 fully saturated rings. The van der Waals surface area contributed by atoms with E-state index in [2.05, 4.69) is 34.2 Å². The van der Waals surface area contributed by atoms with Crippen LogP contribution in [0.2, 0.25) is 5.15 Å². The van der Waals surface area contributed by atoms with Gasteiger partial charge in [0.2, 0.25) is 0 Å². The minimum absolute atomic E-state index is 0.479. The summed E-state index contributed by atoms with van der Waals surface area (Å²) < 4.78 is 1.95. The van der Waals surface area contributed by atoms with Crippen LogP contribution in [0, 0.1) is 5.92 Å². The maximum Gasteiger partial charge on any atom is 0.153 e. The Labute approximate surface area is 129 Å². The normalized spacial score (nSPS) is 14.7. The van der Waals surface area contributed by atoms with Gasteiger partial charge in [-0.05, 0) is 25.2 Å². The molecule has 1 saturated carbocycles. The lowest BCUT2D eigenvalue weighted by Crippen LogP contribution is -2.04. The van der Waals surface area contributed by atoms with Gasteiger partial charge < -0.3 is 5.32 Å². The predicted molar refractivity (Wildman–Crippen MR) is 84.0 cm³/mol. The summed E-state index contributed by atoms with van der Waals surface area (Å²) in [6.45, 7) is 5.35. The fraction of sp³-hybridized carbons (Fsp3) is 0.533. The summed E-state index contributed by atoms with van der Waals surface area (Å²) >= 11 is 6.06. The number of hydrogen-bond acceptors (Lipinski definition) is 4. The monoisotopic (exact) mass is 305 g/mol. The van der Waals surface area contributed by atoms with Crippen molar-refractivity contribution in [2.24, 2.45) is 5.92 Å². The predicted octanol–water partition coefficient (Wildman–Crippen LogP) is 3.99. The van der Waals surface area contributed by atoms with Gasteiger partial charge >= 0.3 is 0 Å². The van der Waals surface area contributed by atoms with Crippen LogP contribution in [-0.4, -0.2) is 19.7 Å². The molecule has 0 saturated heterocycles. The summed E-state index contributed by atoms with van der Waals surface area (Å²) in [4.78, 5) is 8.80. The van der Waals surface area contributed by atoms with Crippen molar-refractivity contribution in [1.82, 2.24) is 19.7 Å². The molecule has 0 amide bonds. The number of aromatic nitrogens is 4. The lowest BCUT2D eigenvalue weighted by Gasteiger charge is -2.06. The van der Waals surface area contributed by atoms with Gasteiger partial charge in [0.05, 0.1) is 0 Å². The first kappa shape index (κ1) is 14.3. The molecule has 0 spiro atoms. The molecule has 112 valence electrons. The summed E-state index contributed by atoms with van der Waals surface area (Å²) in [5, 5.41) is 8.19. The molecule has 6 heteroatoms. The molecule has 0 unspecified atom stereocenters. The number of anilines is 2. The van der Waals surface area contributed by atoms with Crippen molar-refractivity contribution in [3.8, 4) is 0 Å². The molecule has 5 nitrogen and oxygen atoms in total. The molecule has 2 aromatic heterocycles. The van der Waals surface area contributed by atoms with Crippen LogP contribution in [0.3, 0.4) is 0 Å². The topological polar surface area (TPSA) is 55.6 Å². The van der Waals surface area contributed by atoms with Crippen LogP contribution in [0.25, 0.3) is 0 Å². The zero-order chi connectivity index (χ0) is 14.8. The summed E-state index contributed by atoms with van der Waals surface area (Å²) in [5.74, 6) is 3.49. The van der Waals surface area contributed by atoms with Crippen LogP contribution in [-0.2, 0) is 6.54 Å². The highest BCUT2D eigenvalue weighted by molar-refractivity contribution is 6.29. The summed E-state index contributed by atoms with van der Waals surface area (Å²) in [6.07, 6.45) is 5.41. The summed E-state index contributed by atoms with van der Waals surface area (Å²) in [7, 11) is 0. The highest BCUT2D eigenvalue weighted by Gasteiger charge is 2.27. The number of nitrogens with one attached hydrogen (secondary N) is 1. The summed E-state index contributed by atoms with van der Waals surface area (Å²) in [5.41, 5.74) is 0. The molecule has 21 heavy (non-hydrogen) atoms. The van der Waals surface area contributed by atoms with Crippen LogP contribution in [0.5, 0.6) is 0 Å². The highest BCUT2D eigenvalue weighted by atomic mass is 35.5. The maximum atomic E-state index is 6.06. The van der Waals surface area contributed by atoms with Gasteiger partial charge in [-0.1, -0.05) is 25.4 Å². The van der Waals surface area contributed by atoms with Crippen molar-refractivity contribution in [3.63, 3.8) is 0 Å². The molecule has 2 heterocycles. The quantitative estimate of drug-likeness (QED) is 0.820. The second-order valence-corrected chi connectivity index (χ2v) is 6.37. The molecule has 0 radical (unpaired) electrons. The first-order valence-electron chi connectivity index (χ1n) is 7.45. The van der Waals surface area contributed by atoms with E-state index >= 15 is 0 Å². The second kappa shape index (κ2) is 6.02. The van der Waals surface area contributed by atoms with E-state index in [1.165, 1.54) is 0 Å². The minimum Gasteiger partial charge on any atom is -0.323 e. The first-order valence-corrected chi connectivity index (χ1v) is 7.83. The fourth-order valence-electron chi connectivity index (χ4n) is 2.10. The van der Waals surface area contributed by atoms with E-state index in [-0.39, 0.29) is 0 Å². The van der Waals surface area contributed by atoms with Crippen LogP contribution in [0.4, 0.5) is 11.6 Å². The molecule has 1 aliphatic rings. The van der Waals surface area contributed by atoms with Gasteiger partial charge in [-0.2, -0.15) is 5.10 Å². The molecule has 0 atom stereocenters. The van der Waals surface area contributed by atoms with E-state index in [1.807, 2.05) is 16.9 Å². The number of nitrogens with zero attached hydrogens (tertiary/aromatic N) is 4. The Morgan fingerprint density at radius 2 is 2.14 bits per heavy atom. The van der Waals surface area contributed by atoms with Gasteiger partial charge in [0.1, 0.15) is 16.8 Å². The molecular weight excluding hydrogens is 286 g/mol. The Kier molecular flexibility index (Phi) is 4.10. The number of hydrogen-bond donors (Lipinski definition) is 1. The van der Waals surface area contributed by atoms with E-state index in [4.69, 9.17) is 11.6 Å². The Hall–Kier alpha value is -1.62. The number of rotatable bonds is 6. The van der Waals surface area contributed by atoms with Gasteiger partial charge in [0.25, 0.3) is 0 Å². The van der Waals surface area contributed by atoms with Gasteiger partial charge in [-0.25, -0.2) is 9.97 Å². The Balaban J connectivity index is 1.68. The molecule has 1 aliphatic carbocycles. The van der Waals surface area contributed by atoms with E-state index in [0.29, 0.717) is 22.8 Å². The van der Waals surface area contributed by atoms with Crippen molar-refractivity contribution in [2.75, 3.05) is 5.32 Å². The SMILES string of the molecule is CC(C)CCn1ccc(Nc2cc(Cl)nc(C3CC3)n2)n1. The van der Waals surface area contributed by atoms with E-state index in [9.17, 15) is 0 Å². The number of aryl methyl sites for hydroxylation is 1. The third-order valence-electron chi connectivity index (χ3n) is 3.49. The van der Waals surface area contributed by atoms with Gasteiger partial charge in [0, 0.05) is 30.8 Å². The van der Waals surface area contributed by atoms with Crippen LogP contribution >= 0.6 is 11.6 Å². The van der Waals surface area contributed by atoms with Gasteiger partial charge in [-0.3, -0.25) is 4.68 Å². The molecular formula is C15H20ClN5. The van der Waals surface area contributed by atoms with Gasteiger partial charge in [0.15, 0.2) is 5.82 Å². The first-order chi connectivity index (χ1) is 10.1. The van der Waals surface area contributed by atoms with E-state index in [1.54, 1.807) is 6.07 Å². The lowest BCUT2D eigenvalue weighted by atomic mass is 10.1. The Morgan fingerprint density at radius 3 is 2.86 bits per heavy atom. The zero-order valence-corrected chi connectivity index (χ0v) is 13.1. The molecule has 1 N–H and O–H groups in total. The van der Waals surface area contributed by atoms with Gasteiger partial charge in [-0.15, -0.1) is 0 Å². The number of halogens is 1. The third kappa shape index (κ3) is 3.94. The second-order valence-electron chi connectivity index (χ2n) is 5.98. The lowest BCUT2D eigenvalue weighted by molar-refractivity contribution is 0.488. The maximum absolute atomic E-state index is 6.06. The fourth-order valence-corrected chi connectivity index (χ4v) is 2.29. The van der Waals surface area contributed by atoms with Crippen LogP contribution in [0.15, 0.2) is 18.3 Å². The van der Waals surface area contributed by atoms with E-state index in [0.717, 1.165) is 37.4 Å². The average Bonchev–Trinajstić information content (AvgIpc) is 3.18. The third-order valence-corrected chi connectivity index (χ3v) is 3.68. The zero-order valence-electron chi connectivity index (χ0n) is 12.4. The Bertz CT molecular complexity index is 618. The molecule has 3 rings (SSSR count). The standard InChI is InChI=1S/C15H20ClN5/c1-10(2)5-7-21-8-6-13(20-21)18-14-9-12(16)17-15(19-14)11-3-4-11/h6,8-11H,3-5,7H2,1-2H3,(H,17,18,19,20). The van der Waals surface area contributed by atoms with Crippen LogP contribution < -0.4 is 5.32 Å². The highest BCUT2D eigenvalue weighted by Crippen LogP contribution is 2.38. The largest absolute Gasteiger partial charge is 0.323 e. The van der Waals surface area contributed by atoms with Crippen molar-refractivity contribution >= 4 is 23.2 Å². The summed E-state index contributed by atoms with van der Waals surface area (Å²) in [6, 6.07) is 3.69. The van der Waals surface area contributed by atoms with Crippen molar-refractivity contribution in [3.05, 3.63) is 29.3 Å². The van der Waals surface area contributed by atoms with Crippen molar-refractivity contribution < 1.29 is 0 Å². The average molecular weight is 306 g/mol. The smallest absolute Gasteiger partial charge is 0.153 e. The van der Waals surface area contributed by atoms with E-state index < -0.39 is 0 Å². The molecule has 2 aromatic rings. The molecule has 0 bridgehead atoms.